The Morgan fingerprint density at radius 3 is 2.50 bits per heavy atom. The summed E-state index contributed by atoms with van der Waals surface area (Å²) in [5, 5.41) is 1.93. The van der Waals surface area contributed by atoms with Crippen LogP contribution in [0.15, 0.2) is 46.7 Å². The van der Waals surface area contributed by atoms with Crippen LogP contribution in [-0.2, 0) is 10.0 Å². The molecule has 4 nitrogen and oxygen atoms in total. The van der Waals surface area contributed by atoms with Gasteiger partial charge in [-0.1, -0.05) is 6.07 Å². The quantitative estimate of drug-likeness (QED) is 0.891. The van der Waals surface area contributed by atoms with E-state index in [9.17, 15) is 8.42 Å². The first-order valence-electron chi connectivity index (χ1n) is 6.31. The second-order valence-electron chi connectivity index (χ2n) is 4.26. The third-order valence-corrected chi connectivity index (χ3v) is 5.36. The average molecular weight is 311 g/mol. The number of rotatable bonds is 6. The van der Waals surface area contributed by atoms with Gasteiger partial charge in [0.1, 0.15) is 5.75 Å². The largest absolute Gasteiger partial charge is 0.494 e. The normalized spacial score (nSPS) is 13.1. The minimum absolute atomic E-state index is 0.240. The Balaban J connectivity index is 2.13. The first kappa shape index (κ1) is 15.0. The number of hydrogen-bond acceptors (Lipinski definition) is 4. The Labute approximate surface area is 123 Å². The number of nitrogens with one attached hydrogen (secondary N) is 1. The van der Waals surface area contributed by atoms with Crippen molar-refractivity contribution in [2.75, 3.05) is 6.61 Å². The first-order chi connectivity index (χ1) is 9.53. The summed E-state index contributed by atoms with van der Waals surface area (Å²) in [5.74, 6) is 0.665. The Kier molecular flexibility index (Phi) is 4.80. The van der Waals surface area contributed by atoms with Crippen molar-refractivity contribution in [1.82, 2.24) is 4.72 Å². The summed E-state index contributed by atoms with van der Waals surface area (Å²) in [6.07, 6.45) is 0. The number of hydrogen-bond donors (Lipinski definition) is 1. The minimum atomic E-state index is -3.52. The fourth-order valence-electron chi connectivity index (χ4n) is 1.78. The van der Waals surface area contributed by atoms with E-state index >= 15 is 0 Å². The standard InChI is InChI=1S/C14H17NO3S2/c1-3-18-12-6-8-13(9-7-12)20(16,17)15-11(2)14-5-4-10-19-14/h4-11,15H,3H2,1-2H3/t11-/m1/s1. The summed E-state index contributed by atoms with van der Waals surface area (Å²) in [6.45, 7) is 4.27. The molecule has 1 aromatic carbocycles. The van der Waals surface area contributed by atoms with Crippen molar-refractivity contribution in [3.63, 3.8) is 0 Å². The summed E-state index contributed by atoms with van der Waals surface area (Å²) < 4.78 is 32.5. The third kappa shape index (κ3) is 3.59. The summed E-state index contributed by atoms with van der Waals surface area (Å²) in [4.78, 5) is 1.23. The molecule has 0 aliphatic carbocycles. The Morgan fingerprint density at radius 2 is 1.95 bits per heavy atom. The molecule has 1 heterocycles. The van der Waals surface area contributed by atoms with Crippen LogP contribution in [0.25, 0.3) is 0 Å². The van der Waals surface area contributed by atoms with Gasteiger partial charge in [-0.05, 0) is 49.6 Å². The van der Waals surface area contributed by atoms with Crippen molar-refractivity contribution in [1.29, 1.82) is 0 Å². The molecular weight excluding hydrogens is 294 g/mol. The van der Waals surface area contributed by atoms with Gasteiger partial charge in [-0.15, -0.1) is 11.3 Å². The summed E-state index contributed by atoms with van der Waals surface area (Å²) in [6, 6.07) is 9.99. The average Bonchev–Trinajstić information content (AvgIpc) is 2.93. The number of sulfonamides is 1. The Bertz CT molecular complexity index is 634. The molecule has 2 aromatic rings. The summed E-state index contributed by atoms with van der Waals surface area (Å²) in [7, 11) is -3.52. The van der Waals surface area contributed by atoms with Crippen LogP contribution in [0.4, 0.5) is 0 Å². The smallest absolute Gasteiger partial charge is 0.241 e. The molecule has 0 saturated heterocycles. The predicted octanol–water partition coefficient (Wildman–Crippen LogP) is 3.19. The lowest BCUT2D eigenvalue weighted by Gasteiger charge is -2.13. The van der Waals surface area contributed by atoms with Gasteiger partial charge in [-0.25, -0.2) is 13.1 Å². The van der Waals surface area contributed by atoms with Crippen LogP contribution in [0.2, 0.25) is 0 Å². The fourth-order valence-corrected chi connectivity index (χ4v) is 3.81. The van der Waals surface area contributed by atoms with E-state index in [0.717, 1.165) is 4.88 Å². The van der Waals surface area contributed by atoms with Gasteiger partial charge >= 0.3 is 0 Å². The second-order valence-corrected chi connectivity index (χ2v) is 6.96. The van der Waals surface area contributed by atoms with Crippen LogP contribution in [0, 0.1) is 0 Å². The molecular formula is C14H17NO3S2. The van der Waals surface area contributed by atoms with Gasteiger partial charge in [-0.2, -0.15) is 0 Å². The Morgan fingerprint density at radius 1 is 1.25 bits per heavy atom. The second kappa shape index (κ2) is 6.39. The zero-order chi connectivity index (χ0) is 14.6. The molecule has 20 heavy (non-hydrogen) atoms. The molecule has 0 bridgehead atoms. The highest BCUT2D eigenvalue weighted by Crippen LogP contribution is 2.22. The molecule has 1 aromatic heterocycles. The van der Waals surface area contributed by atoms with Gasteiger partial charge < -0.3 is 4.74 Å². The van der Waals surface area contributed by atoms with E-state index in [1.165, 1.54) is 11.3 Å². The maximum absolute atomic E-state index is 12.3. The highest BCUT2D eigenvalue weighted by Gasteiger charge is 2.18. The van der Waals surface area contributed by atoms with Gasteiger partial charge in [0.15, 0.2) is 0 Å². The van der Waals surface area contributed by atoms with Gasteiger partial charge in [0.05, 0.1) is 17.5 Å². The van der Waals surface area contributed by atoms with Crippen molar-refractivity contribution in [2.24, 2.45) is 0 Å². The van der Waals surface area contributed by atoms with E-state index in [0.29, 0.717) is 12.4 Å². The van der Waals surface area contributed by atoms with Gasteiger partial charge in [0, 0.05) is 4.88 Å². The lowest BCUT2D eigenvalue weighted by atomic mass is 10.3. The summed E-state index contributed by atoms with van der Waals surface area (Å²) >= 11 is 1.53. The monoisotopic (exact) mass is 311 g/mol. The van der Waals surface area contributed by atoms with Crippen molar-refractivity contribution in [3.8, 4) is 5.75 Å². The van der Waals surface area contributed by atoms with Crippen LogP contribution < -0.4 is 9.46 Å². The summed E-state index contributed by atoms with van der Waals surface area (Å²) in [5.41, 5.74) is 0. The zero-order valence-electron chi connectivity index (χ0n) is 11.4. The maximum Gasteiger partial charge on any atom is 0.241 e. The first-order valence-corrected chi connectivity index (χ1v) is 8.68. The van der Waals surface area contributed by atoms with E-state index in [1.807, 2.05) is 31.4 Å². The molecule has 1 N–H and O–H groups in total. The van der Waals surface area contributed by atoms with Crippen LogP contribution in [0.3, 0.4) is 0 Å². The molecule has 0 unspecified atom stereocenters. The number of ether oxygens (including phenoxy) is 1. The van der Waals surface area contributed by atoms with Gasteiger partial charge in [-0.3, -0.25) is 0 Å². The number of thiophene rings is 1. The molecule has 0 spiro atoms. The van der Waals surface area contributed by atoms with E-state index in [4.69, 9.17) is 4.74 Å². The van der Waals surface area contributed by atoms with E-state index in [2.05, 4.69) is 4.72 Å². The number of benzene rings is 1. The lowest BCUT2D eigenvalue weighted by Crippen LogP contribution is -2.26. The fraction of sp³-hybridized carbons (Fsp3) is 0.286. The minimum Gasteiger partial charge on any atom is -0.494 e. The topological polar surface area (TPSA) is 55.4 Å². The molecule has 0 radical (unpaired) electrons. The molecule has 108 valence electrons. The van der Waals surface area contributed by atoms with Crippen molar-refractivity contribution in [3.05, 3.63) is 46.7 Å². The third-order valence-electron chi connectivity index (χ3n) is 2.75. The Hall–Kier alpha value is -1.37. The van der Waals surface area contributed by atoms with Crippen molar-refractivity contribution in [2.45, 2.75) is 24.8 Å². The van der Waals surface area contributed by atoms with E-state index < -0.39 is 10.0 Å². The predicted molar refractivity (Wildman–Crippen MR) is 80.7 cm³/mol. The molecule has 6 heteroatoms. The van der Waals surface area contributed by atoms with E-state index in [-0.39, 0.29) is 10.9 Å². The molecule has 0 amide bonds. The van der Waals surface area contributed by atoms with Crippen LogP contribution in [0.5, 0.6) is 5.75 Å². The molecule has 0 fully saturated rings. The van der Waals surface area contributed by atoms with Gasteiger partial charge in [0.2, 0.25) is 10.0 Å². The van der Waals surface area contributed by atoms with Crippen molar-refractivity contribution < 1.29 is 13.2 Å². The molecule has 0 aliphatic rings. The highest BCUT2D eigenvalue weighted by molar-refractivity contribution is 7.89. The van der Waals surface area contributed by atoms with Crippen LogP contribution >= 0.6 is 11.3 Å². The zero-order valence-corrected chi connectivity index (χ0v) is 13.0. The molecule has 0 aliphatic heterocycles. The lowest BCUT2D eigenvalue weighted by molar-refractivity contribution is 0.340. The van der Waals surface area contributed by atoms with Gasteiger partial charge in [0.25, 0.3) is 0 Å². The SMILES string of the molecule is CCOc1ccc(S(=O)(=O)N[C@H](C)c2cccs2)cc1. The molecule has 1 atom stereocenters. The maximum atomic E-state index is 12.3. The molecule has 0 saturated carbocycles. The van der Waals surface area contributed by atoms with Crippen LogP contribution in [0.1, 0.15) is 24.8 Å². The molecule has 2 rings (SSSR count). The van der Waals surface area contributed by atoms with Crippen LogP contribution in [-0.4, -0.2) is 15.0 Å². The van der Waals surface area contributed by atoms with Crippen molar-refractivity contribution >= 4 is 21.4 Å². The highest BCUT2D eigenvalue weighted by atomic mass is 32.2. The van der Waals surface area contributed by atoms with E-state index in [1.54, 1.807) is 24.3 Å².